The molecule has 2 aromatic carbocycles. The topological polar surface area (TPSA) is 59.6 Å². The fourth-order valence-electron chi connectivity index (χ4n) is 1.96. The number of halogens is 5. The maximum absolute atomic E-state index is 13.4. The van der Waals surface area contributed by atoms with Crippen molar-refractivity contribution < 1.29 is 26.7 Å². The van der Waals surface area contributed by atoms with E-state index in [4.69, 9.17) is 5.73 Å². The standard InChI is InChI=1S/C16H14F5N3O/c17-11-1-6-14(18)10(9-11)7-8-23-15(22)24-12-2-4-13(5-3-12)25-16(19,20)21/h1-6,9H,7-8H2,(H3,22,23,24). The summed E-state index contributed by atoms with van der Waals surface area (Å²) < 4.78 is 66.4. The molecule has 0 aliphatic carbocycles. The predicted octanol–water partition coefficient (Wildman–Crippen LogP) is 3.83. The van der Waals surface area contributed by atoms with Crippen LogP contribution in [0.1, 0.15) is 5.56 Å². The van der Waals surface area contributed by atoms with Gasteiger partial charge in [0.15, 0.2) is 5.96 Å². The van der Waals surface area contributed by atoms with Crippen LogP contribution in [0, 0.1) is 11.6 Å². The van der Waals surface area contributed by atoms with Gasteiger partial charge in [0.25, 0.3) is 0 Å². The summed E-state index contributed by atoms with van der Waals surface area (Å²) in [6.45, 7) is 0.106. The van der Waals surface area contributed by atoms with Crippen LogP contribution in [0.2, 0.25) is 0 Å². The highest BCUT2D eigenvalue weighted by atomic mass is 19.4. The molecule has 2 rings (SSSR count). The second-order valence-electron chi connectivity index (χ2n) is 4.95. The number of aliphatic imine (C=N–C) groups is 1. The minimum atomic E-state index is -4.76. The number of anilines is 1. The summed E-state index contributed by atoms with van der Waals surface area (Å²) in [4.78, 5) is 3.95. The molecule has 0 fully saturated rings. The van der Waals surface area contributed by atoms with Crippen LogP contribution in [0.3, 0.4) is 0 Å². The Morgan fingerprint density at radius 3 is 2.40 bits per heavy atom. The Kier molecular flexibility index (Phi) is 5.79. The van der Waals surface area contributed by atoms with Crippen molar-refractivity contribution in [2.24, 2.45) is 10.7 Å². The molecule has 0 aromatic heterocycles. The minimum absolute atomic E-state index is 0.0127. The molecule has 4 nitrogen and oxygen atoms in total. The first kappa shape index (κ1) is 18.5. The number of benzene rings is 2. The monoisotopic (exact) mass is 359 g/mol. The predicted molar refractivity (Wildman–Crippen MR) is 83.3 cm³/mol. The average Bonchev–Trinajstić information content (AvgIpc) is 2.51. The van der Waals surface area contributed by atoms with E-state index in [2.05, 4.69) is 15.0 Å². The van der Waals surface area contributed by atoms with Crippen molar-refractivity contribution in [1.82, 2.24) is 0 Å². The van der Waals surface area contributed by atoms with E-state index >= 15 is 0 Å². The van der Waals surface area contributed by atoms with Gasteiger partial charge < -0.3 is 15.8 Å². The molecule has 0 atom stereocenters. The van der Waals surface area contributed by atoms with Crippen LogP contribution in [0.25, 0.3) is 0 Å². The van der Waals surface area contributed by atoms with Gasteiger partial charge in [0.1, 0.15) is 17.4 Å². The summed E-state index contributed by atoms with van der Waals surface area (Å²) in [7, 11) is 0. The molecule has 2 aromatic rings. The molecular formula is C16H14F5N3O. The largest absolute Gasteiger partial charge is 0.573 e. The lowest BCUT2D eigenvalue weighted by Crippen LogP contribution is -2.23. The molecule has 25 heavy (non-hydrogen) atoms. The van der Waals surface area contributed by atoms with Crippen LogP contribution in [0.4, 0.5) is 27.6 Å². The van der Waals surface area contributed by atoms with E-state index in [1.807, 2.05) is 0 Å². The van der Waals surface area contributed by atoms with Gasteiger partial charge in [-0.1, -0.05) is 0 Å². The van der Waals surface area contributed by atoms with Crippen molar-refractivity contribution in [2.75, 3.05) is 11.9 Å². The molecule has 0 saturated heterocycles. The zero-order chi connectivity index (χ0) is 18.4. The molecule has 0 amide bonds. The van der Waals surface area contributed by atoms with E-state index in [0.29, 0.717) is 5.69 Å². The third-order valence-corrected chi connectivity index (χ3v) is 3.03. The number of rotatable bonds is 5. The quantitative estimate of drug-likeness (QED) is 0.485. The molecule has 0 unspecified atom stereocenters. The summed E-state index contributed by atoms with van der Waals surface area (Å²) in [6.07, 6.45) is -4.62. The fourth-order valence-corrected chi connectivity index (χ4v) is 1.96. The van der Waals surface area contributed by atoms with Gasteiger partial charge in [-0.25, -0.2) is 8.78 Å². The van der Waals surface area contributed by atoms with Gasteiger partial charge in [0.2, 0.25) is 0 Å². The van der Waals surface area contributed by atoms with Gasteiger partial charge in [-0.2, -0.15) is 0 Å². The molecule has 0 radical (unpaired) electrons. The highest BCUT2D eigenvalue weighted by Crippen LogP contribution is 2.23. The van der Waals surface area contributed by atoms with Crippen LogP contribution < -0.4 is 15.8 Å². The van der Waals surface area contributed by atoms with E-state index in [9.17, 15) is 22.0 Å². The Morgan fingerprint density at radius 1 is 1.08 bits per heavy atom. The number of hydrogen-bond donors (Lipinski definition) is 2. The van der Waals surface area contributed by atoms with Gasteiger partial charge in [0.05, 0.1) is 0 Å². The molecule has 0 bridgehead atoms. The van der Waals surface area contributed by atoms with Crippen LogP contribution >= 0.6 is 0 Å². The maximum atomic E-state index is 13.4. The normalized spacial score (nSPS) is 12.1. The van der Waals surface area contributed by atoms with Crippen molar-refractivity contribution in [1.29, 1.82) is 0 Å². The Morgan fingerprint density at radius 2 is 1.76 bits per heavy atom. The van der Waals surface area contributed by atoms with Gasteiger partial charge >= 0.3 is 6.36 Å². The summed E-state index contributed by atoms with van der Waals surface area (Å²) in [5.41, 5.74) is 6.20. The Hall–Kier alpha value is -2.84. The summed E-state index contributed by atoms with van der Waals surface area (Å²) in [5.74, 6) is -1.47. The number of guanidine groups is 1. The van der Waals surface area contributed by atoms with Crippen LogP contribution in [-0.4, -0.2) is 18.9 Å². The number of nitrogens with two attached hydrogens (primary N) is 1. The maximum Gasteiger partial charge on any atom is 0.573 e. The lowest BCUT2D eigenvalue weighted by molar-refractivity contribution is -0.274. The molecule has 0 aliphatic heterocycles. The van der Waals surface area contributed by atoms with E-state index in [-0.39, 0.29) is 30.2 Å². The van der Waals surface area contributed by atoms with Gasteiger partial charge in [-0.15, -0.1) is 13.2 Å². The van der Waals surface area contributed by atoms with Crippen molar-refractivity contribution in [3.05, 3.63) is 59.7 Å². The Balaban J connectivity index is 1.89. The smallest absolute Gasteiger partial charge is 0.406 e. The molecule has 3 N–H and O–H groups in total. The molecule has 0 aliphatic rings. The zero-order valence-electron chi connectivity index (χ0n) is 12.8. The SMILES string of the molecule is NC(=NCCc1cc(F)ccc1F)Nc1ccc(OC(F)(F)F)cc1. The highest BCUT2D eigenvalue weighted by Gasteiger charge is 2.30. The molecular weight excluding hydrogens is 345 g/mol. The summed E-state index contributed by atoms with van der Waals surface area (Å²) in [6, 6.07) is 8.01. The van der Waals surface area contributed by atoms with Crippen LogP contribution in [0.5, 0.6) is 5.75 Å². The van der Waals surface area contributed by atoms with Crippen molar-refractivity contribution >= 4 is 11.6 Å². The average molecular weight is 359 g/mol. The molecule has 0 heterocycles. The fraction of sp³-hybridized carbons (Fsp3) is 0.188. The molecule has 9 heteroatoms. The Labute approximate surface area is 140 Å². The van der Waals surface area contributed by atoms with E-state index in [1.165, 1.54) is 12.1 Å². The van der Waals surface area contributed by atoms with Crippen molar-refractivity contribution in [3.8, 4) is 5.75 Å². The number of hydrogen-bond acceptors (Lipinski definition) is 2. The Bertz CT molecular complexity index is 744. The number of nitrogens with zero attached hydrogens (tertiary/aromatic N) is 1. The van der Waals surface area contributed by atoms with Gasteiger partial charge in [0, 0.05) is 12.2 Å². The lowest BCUT2D eigenvalue weighted by Gasteiger charge is -2.10. The first-order valence-corrected chi connectivity index (χ1v) is 7.09. The summed E-state index contributed by atoms with van der Waals surface area (Å²) in [5, 5.41) is 2.67. The first-order valence-electron chi connectivity index (χ1n) is 7.09. The van der Waals surface area contributed by atoms with Crippen molar-refractivity contribution in [3.63, 3.8) is 0 Å². The van der Waals surface area contributed by atoms with Gasteiger partial charge in [-0.05, 0) is 54.4 Å². The number of ether oxygens (including phenoxy) is 1. The van der Waals surface area contributed by atoms with E-state index in [1.54, 1.807) is 0 Å². The second-order valence-corrected chi connectivity index (χ2v) is 4.95. The van der Waals surface area contributed by atoms with Gasteiger partial charge in [-0.3, -0.25) is 4.99 Å². The molecule has 0 saturated carbocycles. The first-order chi connectivity index (χ1) is 11.7. The molecule has 0 spiro atoms. The highest BCUT2D eigenvalue weighted by molar-refractivity contribution is 5.92. The zero-order valence-corrected chi connectivity index (χ0v) is 12.8. The van der Waals surface area contributed by atoms with Crippen LogP contribution in [-0.2, 0) is 6.42 Å². The summed E-state index contributed by atoms with van der Waals surface area (Å²) >= 11 is 0. The lowest BCUT2D eigenvalue weighted by atomic mass is 10.1. The molecule has 134 valence electrons. The minimum Gasteiger partial charge on any atom is -0.406 e. The second kappa shape index (κ2) is 7.82. The van der Waals surface area contributed by atoms with E-state index < -0.39 is 18.0 Å². The van der Waals surface area contributed by atoms with Crippen molar-refractivity contribution in [2.45, 2.75) is 12.8 Å². The third-order valence-electron chi connectivity index (χ3n) is 3.03. The number of nitrogens with one attached hydrogen (secondary N) is 1. The third kappa shape index (κ3) is 6.28. The van der Waals surface area contributed by atoms with E-state index in [0.717, 1.165) is 30.3 Å². The number of alkyl halides is 3. The van der Waals surface area contributed by atoms with Crippen LogP contribution in [0.15, 0.2) is 47.5 Å².